The van der Waals surface area contributed by atoms with Gasteiger partial charge in [0.1, 0.15) is 11.8 Å². The Labute approximate surface area is 78.9 Å². The molecular weight excluding hydrogens is 220 g/mol. The minimum Gasteiger partial charge on any atom is -0.495 e. The third-order valence-corrected chi connectivity index (χ3v) is 2.13. The van der Waals surface area contributed by atoms with E-state index in [1.165, 1.54) is 7.11 Å². The van der Waals surface area contributed by atoms with Crippen LogP contribution in [0, 0.1) is 11.3 Å². The topological polar surface area (TPSA) is 59.0 Å². The molecule has 0 spiro atoms. The lowest BCUT2D eigenvalue weighted by Crippen LogP contribution is -1.92. The van der Waals surface area contributed by atoms with Crippen molar-refractivity contribution in [1.82, 2.24) is 0 Å². The summed E-state index contributed by atoms with van der Waals surface area (Å²) in [5, 5.41) is 8.66. The third kappa shape index (κ3) is 1.51. The van der Waals surface area contributed by atoms with Crippen molar-refractivity contribution < 1.29 is 4.74 Å². The summed E-state index contributed by atoms with van der Waals surface area (Å²) in [6, 6.07) is 5.24. The average Bonchev–Trinajstić information content (AvgIpc) is 2.09. The maximum atomic E-state index is 8.66. The Morgan fingerprint density at radius 3 is 2.75 bits per heavy atom. The normalized spacial score (nSPS) is 9.08. The molecule has 0 radical (unpaired) electrons. The van der Waals surface area contributed by atoms with E-state index in [2.05, 4.69) is 15.9 Å². The lowest BCUT2D eigenvalue weighted by Gasteiger charge is -2.04. The molecule has 0 aliphatic heterocycles. The number of ether oxygens (including phenoxy) is 1. The molecule has 0 bridgehead atoms. The number of hydrogen-bond acceptors (Lipinski definition) is 3. The van der Waals surface area contributed by atoms with Crippen molar-refractivity contribution in [2.24, 2.45) is 0 Å². The van der Waals surface area contributed by atoms with Crippen molar-refractivity contribution >= 4 is 21.6 Å². The van der Waals surface area contributed by atoms with Crippen molar-refractivity contribution in [3.8, 4) is 11.8 Å². The number of nitrogens with zero attached hydrogens (tertiary/aromatic N) is 1. The summed E-state index contributed by atoms with van der Waals surface area (Å²) in [6.07, 6.45) is 0. The zero-order valence-electron chi connectivity index (χ0n) is 6.47. The Bertz CT molecular complexity index is 344. The number of benzene rings is 1. The van der Waals surface area contributed by atoms with Gasteiger partial charge in [0, 0.05) is 10.2 Å². The smallest absolute Gasteiger partial charge is 0.137 e. The van der Waals surface area contributed by atoms with E-state index in [9.17, 15) is 0 Å². The van der Waals surface area contributed by atoms with Crippen LogP contribution in [-0.2, 0) is 0 Å². The van der Waals surface area contributed by atoms with E-state index in [0.717, 1.165) is 4.47 Å². The molecule has 2 N–H and O–H groups in total. The van der Waals surface area contributed by atoms with Crippen LogP contribution in [0.2, 0.25) is 0 Å². The summed E-state index contributed by atoms with van der Waals surface area (Å²) in [6.45, 7) is 0. The zero-order valence-corrected chi connectivity index (χ0v) is 8.05. The average molecular weight is 227 g/mol. The minimum atomic E-state index is 0.443. The van der Waals surface area contributed by atoms with Gasteiger partial charge in [-0.3, -0.25) is 0 Å². The van der Waals surface area contributed by atoms with E-state index in [0.29, 0.717) is 17.0 Å². The molecule has 12 heavy (non-hydrogen) atoms. The Morgan fingerprint density at radius 2 is 2.25 bits per heavy atom. The number of rotatable bonds is 1. The highest BCUT2D eigenvalue weighted by molar-refractivity contribution is 9.10. The van der Waals surface area contributed by atoms with E-state index in [-0.39, 0.29) is 0 Å². The molecule has 0 atom stereocenters. The molecule has 0 unspecified atom stereocenters. The maximum Gasteiger partial charge on any atom is 0.137 e. The van der Waals surface area contributed by atoms with Gasteiger partial charge >= 0.3 is 0 Å². The first kappa shape index (κ1) is 8.88. The van der Waals surface area contributed by atoms with Gasteiger partial charge in [0.15, 0.2) is 0 Å². The van der Waals surface area contributed by atoms with Gasteiger partial charge in [-0.15, -0.1) is 0 Å². The van der Waals surface area contributed by atoms with Crippen LogP contribution in [0.3, 0.4) is 0 Å². The lowest BCUT2D eigenvalue weighted by atomic mass is 10.2. The number of nitriles is 1. The first-order valence-corrected chi connectivity index (χ1v) is 4.01. The van der Waals surface area contributed by atoms with Gasteiger partial charge in [0.25, 0.3) is 0 Å². The highest BCUT2D eigenvalue weighted by Crippen LogP contribution is 2.28. The monoisotopic (exact) mass is 226 g/mol. The lowest BCUT2D eigenvalue weighted by molar-refractivity contribution is 0.413. The third-order valence-electron chi connectivity index (χ3n) is 1.44. The van der Waals surface area contributed by atoms with Gasteiger partial charge in [-0.05, 0) is 28.1 Å². The van der Waals surface area contributed by atoms with E-state index >= 15 is 0 Å². The zero-order chi connectivity index (χ0) is 9.14. The van der Waals surface area contributed by atoms with Gasteiger partial charge in [-0.2, -0.15) is 5.26 Å². The Hall–Kier alpha value is -1.21. The molecule has 0 aromatic heterocycles. The minimum absolute atomic E-state index is 0.443. The van der Waals surface area contributed by atoms with Crippen molar-refractivity contribution in [3.63, 3.8) is 0 Å². The van der Waals surface area contributed by atoms with Gasteiger partial charge in [-0.1, -0.05) is 0 Å². The first-order chi connectivity index (χ1) is 5.69. The van der Waals surface area contributed by atoms with Crippen molar-refractivity contribution in [2.45, 2.75) is 0 Å². The Kier molecular flexibility index (Phi) is 2.56. The van der Waals surface area contributed by atoms with E-state index in [4.69, 9.17) is 15.7 Å². The predicted octanol–water partition coefficient (Wildman–Crippen LogP) is 1.91. The van der Waals surface area contributed by atoms with Gasteiger partial charge in [0.2, 0.25) is 0 Å². The van der Waals surface area contributed by atoms with E-state index in [1.807, 2.05) is 6.07 Å². The Morgan fingerprint density at radius 1 is 1.58 bits per heavy atom. The molecule has 62 valence electrons. The molecule has 4 heteroatoms. The molecule has 1 rings (SSSR count). The number of nitrogen functional groups attached to an aromatic ring is 1. The van der Waals surface area contributed by atoms with Crippen LogP contribution in [0.15, 0.2) is 16.6 Å². The molecule has 0 aliphatic carbocycles. The first-order valence-electron chi connectivity index (χ1n) is 3.22. The Balaban J connectivity index is 3.31. The van der Waals surface area contributed by atoms with Gasteiger partial charge in [0.05, 0.1) is 12.7 Å². The molecule has 0 heterocycles. The second-order valence-electron chi connectivity index (χ2n) is 2.19. The molecule has 0 saturated carbocycles. The molecule has 0 fully saturated rings. The predicted molar refractivity (Wildman–Crippen MR) is 49.8 cm³/mol. The summed E-state index contributed by atoms with van der Waals surface area (Å²) in [4.78, 5) is 0. The summed E-state index contributed by atoms with van der Waals surface area (Å²) in [7, 11) is 1.51. The number of halogens is 1. The van der Waals surface area contributed by atoms with Crippen LogP contribution >= 0.6 is 15.9 Å². The highest BCUT2D eigenvalue weighted by atomic mass is 79.9. The molecule has 1 aromatic carbocycles. The molecule has 0 amide bonds. The van der Waals surface area contributed by atoms with Crippen molar-refractivity contribution in [3.05, 3.63) is 22.2 Å². The molecule has 0 saturated heterocycles. The summed E-state index contributed by atoms with van der Waals surface area (Å²) >= 11 is 3.24. The van der Waals surface area contributed by atoms with E-state index in [1.54, 1.807) is 12.1 Å². The number of hydrogen-bond donors (Lipinski definition) is 1. The SMILES string of the molecule is COc1cc(Br)c(N)cc1C#N. The second-order valence-corrected chi connectivity index (χ2v) is 3.04. The fourth-order valence-corrected chi connectivity index (χ4v) is 1.15. The maximum absolute atomic E-state index is 8.66. The highest BCUT2D eigenvalue weighted by Gasteiger charge is 2.05. The van der Waals surface area contributed by atoms with E-state index < -0.39 is 0 Å². The number of nitrogens with two attached hydrogens (primary N) is 1. The van der Waals surface area contributed by atoms with Crippen molar-refractivity contribution in [1.29, 1.82) is 5.26 Å². The largest absolute Gasteiger partial charge is 0.495 e. The van der Waals surface area contributed by atoms with Gasteiger partial charge in [-0.25, -0.2) is 0 Å². The molecule has 1 aromatic rings. The summed E-state index contributed by atoms with van der Waals surface area (Å²) in [5.41, 5.74) is 6.54. The molecule has 3 nitrogen and oxygen atoms in total. The summed E-state index contributed by atoms with van der Waals surface area (Å²) in [5.74, 6) is 0.526. The molecule has 0 aliphatic rings. The van der Waals surface area contributed by atoms with Crippen LogP contribution in [0.4, 0.5) is 5.69 Å². The van der Waals surface area contributed by atoms with Crippen LogP contribution in [0.1, 0.15) is 5.56 Å². The van der Waals surface area contributed by atoms with Crippen LogP contribution in [0.25, 0.3) is 0 Å². The van der Waals surface area contributed by atoms with Crippen molar-refractivity contribution in [2.75, 3.05) is 12.8 Å². The van der Waals surface area contributed by atoms with Crippen LogP contribution in [-0.4, -0.2) is 7.11 Å². The number of anilines is 1. The van der Waals surface area contributed by atoms with Gasteiger partial charge < -0.3 is 10.5 Å². The number of methoxy groups -OCH3 is 1. The summed E-state index contributed by atoms with van der Waals surface area (Å²) < 4.78 is 5.70. The van der Waals surface area contributed by atoms with Crippen LogP contribution < -0.4 is 10.5 Å². The fourth-order valence-electron chi connectivity index (χ4n) is 0.828. The second kappa shape index (κ2) is 3.46. The fraction of sp³-hybridized carbons (Fsp3) is 0.125. The quantitative estimate of drug-likeness (QED) is 0.745. The molecular formula is C8H7BrN2O. The van der Waals surface area contributed by atoms with Crippen LogP contribution in [0.5, 0.6) is 5.75 Å². The standard InChI is InChI=1S/C8H7BrN2O/c1-12-8-3-6(9)7(11)2-5(8)4-10/h2-3H,11H2,1H3.